The zero-order chi connectivity index (χ0) is 14.7. The molecule has 3 heterocycles. The van der Waals surface area contributed by atoms with Crippen LogP contribution in [-0.4, -0.2) is 53.5 Å². The largest absolute Gasteiger partial charge is 0.329 e. The van der Waals surface area contributed by atoms with Gasteiger partial charge in [-0.15, -0.1) is 0 Å². The fourth-order valence-corrected chi connectivity index (χ4v) is 3.81. The van der Waals surface area contributed by atoms with Crippen LogP contribution in [0.5, 0.6) is 0 Å². The van der Waals surface area contributed by atoms with Crippen LogP contribution in [0, 0.1) is 6.92 Å². The third-order valence-corrected chi connectivity index (χ3v) is 5.08. The van der Waals surface area contributed by atoms with Gasteiger partial charge in [-0.1, -0.05) is 12.5 Å². The maximum Gasteiger partial charge on any atom is 0.0486 e. The van der Waals surface area contributed by atoms with Crippen molar-refractivity contribution < 1.29 is 0 Å². The second-order valence-corrected chi connectivity index (χ2v) is 6.52. The molecule has 2 aliphatic rings. The maximum atomic E-state index is 6.06. The number of aromatic nitrogens is 1. The lowest BCUT2D eigenvalue weighted by molar-refractivity contribution is 0.152. The number of pyridine rings is 1. The topological polar surface area (TPSA) is 45.4 Å². The van der Waals surface area contributed by atoms with Crippen LogP contribution in [0.1, 0.15) is 43.0 Å². The molecule has 3 rings (SSSR count). The number of hydrogen-bond donors (Lipinski definition) is 1. The Hall–Kier alpha value is -0.970. The Labute approximate surface area is 128 Å². The quantitative estimate of drug-likeness (QED) is 0.920. The maximum absolute atomic E-state index is 6.06. The van der Waals surface area contributed by atoms with Crippen LogP contribution in [0.15, 0.2) is 18.3 Å². The predicted octanol–water partition coefficient (Wildman–Crippen LogP) is 1.95. The van der Waals surface area contributed by atoms with Crippen molar-refractivity contribution in [3.05, 3.63) is 29.6 Å². The summed E-state index contributed by atoms with van der Waals surface area (Å²) in [5, 5.41) is 0. The van der Waals surface area contributed by atoms with E-state index < -0.39 is 0 Å². The first-order valence-corrected chi connectivity index (χ1v) is 8.38. The van der Waals surface area contributed by atoms with Crippen LogP contribution in [-0.2, 0) is 0 Å². The Bertz CT molecular complexity index is 439. The number of rotatable bonds is 4. The molecule has 0 aromatic carbocycles. The summed E-state index contributed by atoms with van der Waals surface area (Å²) in [4.78, 5) is 9.70. The number of nitrogens with zero attached hydrogens (tertiary/aromatic N) is 3. The Morgan fingerprint density at radius 2 is 2.05 bits per heavy atom. The van der Waals surface area contributed by atoms with Gasteiger partial charge in [-0.05, 0) is 50.9 Å². The monoisotopic (exact) mass is 288 g/mol. The fourth-order valence-electron chi connectivity index (χ4n) is 3.81. The lowest BCUT2D eigenvalue weighted by atomic mass is 10.1. The van der Waals surface area contributed by atoms with E-state index in [9.17, 15) is 0 Å². The Balaban J connectivity index is 1.64. The van der Waals surface area contributed by atoms with Gasteiger partial charge in [0.15, 0.2) is 0 Å². The smallest absolute Gasteiger partial charge is 0.0486 e. The van der Waals surface area contributed by atoms with Crippen LogP contribution in [0.3, 0.4) is 0 Å². The van der Waals surface area contributed by atoms with Crippen LogP contribution < -0.4 is 5.73 Å². The molecule has 116 valence electrons. The molecule has 2 unspecified atom stereocenters. The highest BCUT2D eigenvalue weighted by Gasteiger charge is 2.32. The molecule has 0 amide bonds. The first-order chi connectivity index (χ1) is 10.3. The van der Waals surface area contributed by atoms with Gasteiger partial charge in [-0.3, -0.25) is 14.8 Å². The Morgan fingerprint density at radius 3 is 2.71 bits per heavy atom. The Kier molecular flexibility index (Phi) is 4.88. The zero-order valence-corrected chi connectivity index (χ0v) is 13.2. The fraction of sp³-hybridized carbons (Fsp3) is 0.706. The molecule has 0 saturated carbocycles. The summed E-state index contributed by atoms with van der Waals surface area (Å²) in [5.74, 6) is 0. The lowest BCUT2D eigenvalue weighted by Gasteiger charge is -2.33. The van der Waals surface area contributed by atoms with Gasteiger partial charge in [0.25, 0.3) is 0 Å². The summed E-state index contributed by atoms with van der Waals surface area (Å²) >= 11 is 0. The van der Waals surface area contributed by atoms with Crippen molar-refractivity contribution in [2.45, 2.75) is 44.7 Å². The highest BCUT2D eigenvalue weighted by Crippen LogP contribution is 2.27. The number of likely N-dealkylation sites (tertiary alicyclic amines) is 2. The summed E-state index contributed by atoms with van der Waals surface area (Å²) in [6.45, 7) is 7.61. The van der Waals surface area contributed by atoms with Crippen LogP contribution in [0.2, 0.25) is 0 Å². The molecule has 0 bridgehead atoms. The van der Waals surface area contributed by atoms with Gasteiger partial charge < -0.3 is 5.73 Å². The molecule has 0 aliphatic carbocycles. The first kappa shape index (κ1) is 14.9. The van der Waals surface area contributed by atoms with E-state index in [1.807, 2.05) is 13.1 Å². The van der Waals surface area contributed by atoms with E-state index in [4.69, 9.17) is 5.73 Å². The average Bonchev–Trinajstić information content (AvgIpc) is 3.00. The van der Waals surface area contributed by atoms with Crippen molar-refractivity contribution in [3.63, 3.8) is 0 Å². The minimum Gasteiger partial charge on any atom is -0.329 e. The summed E-state index contributed by atoms with van der Waals surface area (Å²) in [6.07, 6.45) is 7.45. The van der Waals surface area contributed by atoms with E-state index in [0.29, 0.717) is 12.6 Å². The molecule has 2 saturated heterocycles. The predicted molar refractivity (Wildman–Crippen MR) is 86.2 cm³/mol. The third kappa shape index (κ3) is 3.44. The molecule has 1 aromatic heterocycles. The molecule has 0 radical (unpaired) electrons. The van der Waals surface area contributed by atoms with Crippen molar-refractivity contribution in [1.82, 2.24) is 14.8 Å². The van der Waals surface area contributed by atoms with Crippen molar-refractivity contribution in [3.8, 4) is 0 Å². The molecule has 2 aliphatic heterocycles. The number of nitrogens with two attached hydrogens (primary N) is 1. The van der Waals surface area contributed by atoms with Crippen molar-refractivity contribution in [2.24, 2.45) is 5.73 Å². The standard InChI is InChI=1S/C17H28N4/c1-14-5-6-15(12-19-14)17(11-18)21-10-7-16(13-21)20-8-3-2-4-9-20/h5-6,12,16-17H,2-4,7-11,13,18H2,1H3. The van der Waals surface area contributed by atoms with E-state index in [1.54, 1.807) is 0 Å². The van der Waals surface area contributed by atoms with Gasteiger partial charge in [0.1, 0.15) is 0 Å². The zero-order valence-electron chi connectivity index (χ0n) is 13.2. The van der Waals surface area contributed by atoms with Gasteiger partial charge in [-0.2, -0.15) is 0 Å². The molecule has 4 nitrogen and oxygen atoms in total. The van der Waals surface area contributed by atoms with E-state index >= 15 is 0 Å². The van der Waals surface area contributed by atoms with Crippen molar-refractivity contribution >= 4 is 0 Å². The summed E-state index contributed by atoms with van der Waals surface area (Å²) < 4.78 is 0. The summed E-state index contributed by atoms with van der Waals surface area (Å²) in [6, 6.07) is 5.34. The molecule has 0 spiro atoms. The van der Waals surface area contributed by atoms with E-state index in [-0.39, 0.29) is 0 Å². The lowest BCUT2D eigenvalue weighted by Crippen LogP contribution is -2.42. The second kappa shape index (κ2) is 6.86. The van der Waals surface area contributed by atoms with Gasteiger partial charge in [0.05, 0.1) is 0 Å². The van der Waals surface area contributed by atoms with Gasteiger partial charge in [0, 0.05) is 43.6 Å². The van der Waals surface area contributed by atoms with Crippen LogP contribution >= 0.6 is 0 Å². The summed E-state index contributed by atoms with van der Waals surface area (Å²) in [5.41, 5.74) is 8.40. The first-order valence-electron chi connectivity index (χ1n) is 8.38. The van der Waals surface area contributed by atoms with Crippen LogP contribution in [0.4, 0.5) is 0 Å². The second-order valence-electron chi connectivity index (χ2n) is 6.52. The molecule has 2 fully saturated rings. The molecular weight excluding hydrogens is 260 g/mol. The molecule has 1 aromatic rings. The van der Waals surface area contributed by atoms with E-state index in [1.165, 1.54) is 44.3 Å². The van der Waals surface area contributed by atoms with Gasteiger partial charge in [-0.25, -0.2) is 0 Å². The number of piperidine rings is 1. The molecule has 21 heavy (non-hydrogen) atoms. The van der Waals surface area contributed by atoms with Gasteiger partial charge in [0.2, 0.25) is 0 Å². The number of aryl methyl sites for hydroxylation is 1. The van der Waals surface area contributed by atoms with E-state index in [0.717, 1.165) is 24.8 Å². The highest BCUT2D eigenvalue weighted by atomic mass is 15.3. The SMILES string of the molecule is Cc1ccc(C(CN)N2CCC(N3CCCCC3)C2)cn1. The third-order valence-electron chi connectivity index (χ3n) is 5.08. The van der Waals surface area contributed by atoms with Crippen molar-refractivity contribution in [2.75, 3.05) is 32.7 Å². The highest BCUT2D eigenvalue weighted by molar-refractivity contribution is 5.18. The summed E-state index contributed by atoms with van der Waals surface area (Å²) in [7, 11) is 0. The molecule has 2 atom stereocenters. The van der Waals surface area contributed by atoms with Crippen molar-refractivity contribution in [1.29, 1.82) is 0 Å². The van der Waals surface area contributed by atoms with Crippen LogP contribution in [0.25, 0.3) is 0 Å². The number of hydrogen-bond acceptors (Lipinski definition) is 4. The average molecular weight is 288 g/mol. The molecular formula is C17H28N4. The normalized spacial score (nSPS) is 26.1. The minimum atomic E-state index is 0.327. The van der Waals surface area contributed by atoms with E-state index in [2.05, 4.69) is 26.9 Å². The van der Waals surface area contributed by atoms with Gasteiger partial charge >= 0.3 is 0 Å². The molecule has 4 heteroatoms. The molecule has 2 N–H and O–H groups in total. The Morgan fingerprint density at radius 1 is 1.24 bits per heavy atom. The minimum absolute atomic E-state index is 0.327.